The molecular formula is C22H27N5O2. The van der Waals surface area contributed by atoms with E-state index >= 15 is 0 Å². The summed E-state index contributed by atoms with van der Waals surface area (Å²) in [5.74, 6) is 0.781. The Bertz CT molecular complexity index is 950. The van der Waals surface area contributed by atoms with Gasteiger partial charge in [-0.25, -0.2) is 0 Å². The van der Waals surface area contributed by atoms with E-state index in [1.165, 1.54) is 36.5 Å². The van der Waals surface area contributed by atoms with Gasteiger partial charge >= 0.3 is 0 Å². The Kier molecular flexibility index (Phi) is 5.38. The highest BCUT2D eigenvalue weighted by molar-refractivity contribution is 6.08. The van der Waals surface area contributed by atoms with Crippen LogP contribution in [0.15, 0.2) is 41.4 Å². The number of nitro groups is 1. The van der Waals surface area contributed by atoms with Crippen molar-refractivity contribution in [1.82, 2.24) is 0 Å². The number of hydrogen-bond donors (Lipinski definition) is 3. The van der Waals surface area contributed by atoms with E-state index in [-0.39, 0.29) is 22.8 Å². The molecule has 1 aliphatic carbocycles. The number of non-ortho nitro benzene ring substituents is 1. The highest BCUT2D eigenvalue weighted by Crippen LogP contribution is 2.32. The van der Waals surface area contributed by atoms with Crippen LogP contribution in [0.1, 0.15) is 43.2 Å². The van der Waals surface area contributed by atoms with Gasteiger partial charge in [0.25, 0.3) is 5.69 Å². The number of aliphatic imine (C=N–C) groups is 1. The van der Waals surface area contributed by atoms with E-state index in [0.717, 1.165) is 30.1 Å². The summed E-state index contributed by atoms with van der Waals surface area (Å²) < 4.78 is 0. The molecule has 1 atom stereocenters. The van der Waals surface area contributed by atoms with Crippen molar-refractivity contribution in [2.75, 3.05) is 16.0 Å². The Morgan fingerprint density at radius 1 is 1.03 bits per heavy atom. The van der Waals surface area contributed by atoms with Gasteiger partial charge < -0.3 is 16.0 Å². The second kappa shape index (κ2) is 8.11. The molecular weight excluding hydrogens is 366 g/mol. The molecule has 0 spiro atoms. The summed E-state index contributed by atoms with van der Waals surface area (Å²) >= 11 is 0. The van der Waals surface area contributed by atoms with Gasteiger partial charge in [0.1, 0.15) is 5.84 Å². The Labute approximate surface area is 170 Å². The number of nitrogens with one attached hydrogen (secondary N) is 3. The van der Waals surface area contributed by atoms with Crippen molar-refractivity contribution >= 4 is 28.6 Å². The summed E-state index contributed by atoms with van der Waals surface area (Å²) in [5, 5.41) is 21.5. The number of aryl methyl sites for hydroxylation is 2. The van der Waals surface area contributed by atoms with Crippen molar-refractivity contribution in [3.05, 3.63) is 57.6 Å². The van der Waals surface area contributed by atoms with Gasteiger partial charge in [-0.15, -0.1) is 0 Å². The zero-order valence-electron chi connectivity index (χ0n) is 16.9. The summed E-state index contributed by atoms with van der Waals surface area (Å²) in [5.41, 5.74) is 5.05. The molecule has 29 heavy (non-hydrogen) atoms. The predicted molar refractivity (Wildman–Crippen MR) is 118 cm³/mol. The van der Waals surface area contributed by atoms with Crippen LogP contribution in [0, 0.1) is 24.0 Å². The lowest BCUT2D eigenvalue weighted by molar-refractivity contribution is -0.384. The Hall–Kier alpha value is -3.09. The molecule has 4 rings (SSSR count). The SMILES string of the molecule is Cc1ccc(NC2Nc3ccc([N+](=O)[O-])cc3NC2=NC2CCCCC2)cc1C. The first-order valence-corrected chi connectivity index (χ1v) is 10.2. The molecule has 3 N–H and O–H groups in total. The molecule has 0 amide bonds. The van der Waals surface area contributed by atoms with E-state index in [0.29, 0.717) is 5.69 Å². The van der Waals surface area contributed by atoms with E-state index in [4.69, 9.17) is 4.99 Å². The third-order valence-corrected chi connectivity index (χ3v) is 5.76. The monoisotopic (exact) mass is 393 g/mol. The predicted octanol–water partition coefficient (Wildman–Crippen LogP) is 5.22. The summed E-state index contributed by atoms with van der Waals surface area (Å²) in [6, 6.07) is 11.4. The van der Waals surface area contributed by atoms with Gasteiger partial charge in [-0.1, -0.05) is 25.3 Å². The molecule has 1 fully saturated rings. The maximum atomic E-state index is 11.2. The Balaban J connectivity index is 1.65. The number of rotatable bonds is 4. The van der Waals surface area contributed by atoms with Crippen LogP contribution in [0.4, 0.5) is 22.7 Å². The number of nitrogens with zero attached hydrogens (tertiary/aromatic N) is 2. The molecule has 1 unspecified atom stereocenters. The van der Waals surface area contributed by atoms with Crippen molar-refractivity contribution in [2.24, 2.45) is 4.99 Å². The second-order valence-corrected chi connectivity index (χ2v) is 7.94. The van der Waals surface area contributed by atoms with Gasteiger partial charge in [0, 0.05) is 17.8 Å². The molecule has 2 aromatic carbocycles. The summed E-state index contributed by atoms with van der Waals surface area (Å²) in [6.07, 6.45) is 5.62. The third-order valence-electron chi connectivity index (χ3n) is 5.76. The van der Waals surface area contributed by atoms with Crippen molar-refractivity contribution in [3.63, 3.8) is 0 Å². The van der Waals surface area contributed by atoms with Crippen LogP contribution < -0.4 is 16.0 Å². The number of nitro benzene ring substituents is 1. The number of benzene rings is 2. The largest absolute Gasteiger partial charge is 0.359 e. The zero-order valence-corrected chi connectivity index (χ0v) is 16.9. The van der Waals surface area contributed by atoms with Crippen LogP contribution in [0.5, 0.6) is 0 Å². The number of hydrogen-bond acceptors (Lipinski definition) is 5. The summed E-state index contributed by atoms with van der Waals surface area (Å²) in [7, 11) is 0. The van der Waals surface area contributed by atoms with Gasteiger partial charge in [-0.3, -0.25) is 15.1 Å². The molecule has 0 bridgehead atoms. The number of anilines is 3. The van der Waals surface area contributed by atoms with Gasteiger partial charge in [0.15, 0.2) is 6.17 Å². The van der Waals surface area contributed by atoms with E-state index in [2.05, 4.69) is 48.0 Å². The minimum atomic E-state index is -0.376. The molecule has 1 aliphatic heterocycles. The lowest BCUT2D eigenvalue weighted by Crippen LogP contribution is -2.45. The molecule has 0 radical (unpaired) electrons. The standard InChI is InChI=1S/C22H27N5O2/c1-14-8-9-17(12-15(14)2)24-22-21(23-16-6-4-3-5-7-16)26-20-13-18(27(28)29)10-11-19(20)25-22/h8-13,16,22,24-25H,3-7H2,1-2H3,(H,23,26). The summed E-state index contributed by atoms with van der Waals surface area (Å²) in [6.45, 7) is 4.19. The minimum absolute atomic E-state index is 0.0654. The Morgan fingerprint density at radius 2 is 1.83 bits per heavy atom. The van der Waals surface area contributed by atoms with Crippen molar-refractivity contribution in [1.29, 1.82) is 0 Å². The quantitative estimate of drug-likeness (QED) is 0.489. The molecule has 7 heteroatoms. The topological polar surface area (TPSA) is 91.6 Å². The van der Waals surface area contributed by atoms with E-state index in [1.54, 1.807) is 12.1 Å². The summed E-state index contributed by atoms with van der Waals surface area (Å²) in [4.78, 5) is 15.8. The zero-order chi connectivity index (χ0) is 20.4. The molecule has 0 aromatic heterocycles. The fourth-order valence-corrected chi connectivity index (χ4v) is 3.93. The van der Waals surface area contributed by atoms with E-state index < -0.39 is 0 Å². The van der Waals surface area contributed by atoms with Crippen LogP contribution in [0.2, 0.25) is 0 Å². The average Bonchev–Trinajstić information content (AvgIpc) is 2.71. The van der Waals surface area contributed by atoms with E-state index in [9.17, 15) is 10.1 Å². The van der Waals surface area contributed by atoms with Gasteiger partial charge in [-0.2, -0.15) is 0 Å². The van der Waals surface area contributed by atoms with Crippen molar-refractivity contribution < 1.29 is 4.92 Å². The van der Waals surface area contributed by atoms with Crippen LogP contribution in [0.3, 0.4) is 0 Å². The highest BCUT2D eigenvalue weighted by Gasteiger charge is 2.27. The highest BCUT2D eigenvalue weighted by atomic mass is 16.6. The normalized spacial score (nSPS) is 20.5. The minimum Gasteiger partial charge on any atom is -0.359 e. The fourth-order valence-electron chi connectivity index (χ4n) is 3.93. The molecule has 152 valence electrons. The van der Waals surface area contributed by atoms with Crippen LogP contribution in [-0.4, -0.2) is 23.0 Å². The molecule has 2 aromatic rings. The number of fused-ring (bicyclic) bond motifs is 1. The van der Waals surface area contributed by atoms with Gasteiger partial charge in [0.2, 0.25) is 0 Å². The van der Waals surface area contributed by atoms with Crippen LogP contribution in [-0.2, 0) is 0 Å². The molecule has 7 nitrogen and oxygen atoms in total. The van der Waals surface area contributed by atoms with Crippen molar-refractivity contribution in [2.45, 2.75) is 58.2 Å². The average molecular weight is 393 g/mol. The van der Waals surface area contributed by atoms with E-state index in [1.807, 2.05) is 0 Å². The Morgan fingerprint density at radius 3 is 2.55 bits per heavy atom. The number of amidine groups is 1. The molecule has 2 aliphatic rings. The van der Waals surface area contributed by atoms with Gasteiger partial charge in [0.05, 0.1) is 22.3 Å². The van der Waals surface area contributed by atoms with Crippen LogP contribution >= 0.6 is 0 Å². The first-order valence-electron chi connectivity index (χ1n) is 10.2. The molecule has 1 saturated carbocycles. The maximum absolute atomic E-state index is 11.2. The first-order chi connectivity index (χ1) is 14.0. The van der Waals surface area contributed by atoms with Crippen molar-refractivity contribution in [3.8, 4) is 0 Å². The smallest absolute Gasteiger partial charge is 0.271 e. The fraction of sp³-hybridized carbons (Fsp3) is 0.409. The molecule has 0 saturated heterocycles. The van der Waals surface area contributed by atoms with Crippen LogP contribution in [0.25, 0.3) is 0 Å². The lowest BCUT2D eigenvalue weighted by Gasteiger charge is -2.32. The maximum Gasteiger partial charge on any atom is 0.271 e. The lowest BCUT2D eigenvalue weighted by atomic mass is 9.96. The second-order valence-electron chi connectivity index (χ2n) is 7.94. The molecule has 1 heterocycles. The first kappa shape index (κ1) is 19.2. The van der Waals surface area contributed by atoms with Gasteiger partial charge in [-0.05, 0) is 56.0 Å². The third kappa shape index (κ3) is 4.34.